The Balaban J connectivity index is 1.32. The van der Waals surface area contributed by atoms with Crippen molar-refractivity contribution in [1.29, 1.82) is 0 Å². The van der Waals surface area contributed by atoms with Gasteiger partial charge in [0.15, 0.2) is 0 Å². The van der Waals surface area contributed by atoms with Crippen molar-refractivity contribution in [2.45, 2.75) is 44.7 Å². The van der Waals surface area contributed by atoms with Crippen LogP contribution in [0.4, 0.5) is 5.69 Å². The van der Waals surface area contributed by atoms with Crippen LogP contribution in [0.25, 0.3) is 0 Å². The normalized spacial score (nSPS) is 21.3. The van der Waals surface area contributed by atoms with Crippen molar-refractivity contribution < 1.29 is 14.3 Å². The van der Waals surface area contributed by atoms with Crippen LogP contribution >= 0.6 is 0 Å². The Morgan fingerprint density at radius 2 is 1.76 bits per heavy atom. The molecule has 3 heterocycles. The fourth-order valence-corrected chi connectivity index (χ4v) is 5.96. The summed E-state index contributed by atoms with van der Waals surface area (Å²) in [5.41, 5.74) is 4.41. The van der Waals surface area contributed by atoms with Gasteiger partial charge in [-0.25, -0.2) is 0 Å². The van der Waals surface area contributed by atoms with Crippen LogP contribution in [-0.2, 0) is 16.7 Å². The monoisotopic (exact) mass is 463 g/mol. The van der Waals surface area contributed by atoms with Gasteiger partial charge in [-0.2, -0.15) is 0 Å². The zero-order valence-electron chi connectivity index (χ0n) is 20.8. The molecule has 0 bridgehead atoms. The number of fused-ring (bicyclic) bond motifs is 1. The lowest BCUT2D eigenvalue weighted by Crippen LogP contribution is -2.49. The molecular formula is C28H37N3O3. The van der Waals surface area contributed by atoms with Gasteiger partial charge in [-0.3, -0.25) is 9.69 Å². The third-order valence-electron chi connectivity index (χ3n) is 7.78. The third-order valence-corrected chi connectivity index (χ3v) is 7.78. The maximum Gasteiger partial charge on any atom is 0.257 e. The van der Waals surface area contributed by atoms with Crippen molar-refractivity contribution in [3.63, 3.8) is 0 Å². The molecule has 182 valence electrons. The van der Waals surface area contributed by atoms with Gasteiger partial charge in [0.2, 0.25) is 0 Å². The number of anilines is 1. The van der Waals surface area contributed by atoms with Gasteiger partial charge in [-0.1, -0.05) is 32.0 Å². The first-order valence-electron chi connectivity index (χ1n) is 12.6. The third kappa shape index (κ3) is 4.53. The van der Waals surface area contributed by atoms with E-state index in [9.17, 15) is 4.79 Å². The highest BCUT2D eigenvalue weighted by atomic mass is 16.5. The van der Waals surface area contributed by atoms with Crippen LogP contribution < -0.4 is 9.64 Å². The number of hydrogen-bond acceptors (Lipinski definition) is 5. The van der Waals surface area contributed by atoms with Crippen molar-refractivity contribution in [1.82, 2.24) is 9.80 Å². The zero-order chi connectivity index (χ0) is 23.7. The first-order chi connectivity index (χ1) is 16.5. The summed E-state index contributed by atoms with van der Waals surface area (Å²) >= 11 is 0. The van der Waals surface area contributed by atoms with E-state index in [-0.39, 0.29) is 11.3 Å². The molecule has 5 rings (SSSR count). The molecule has 0 aliphatic carbocycles. The second kappa shape index (κ2) is 9.59. The molecule has 6 heteroatoms. The lowest BCUT2D eigenvalue weighted by Gasteiger charge is -2.42. The molecule has 34 heavy (non-hydrogen) atoms. The van der Waals surface area contributed by atoms with Gasteiger partial charge in [-0.15, -0.1) is 0 Å². The first-order valence-corrected chi connectivity index (χ1v) is 12.6. The van der Waals surface area contributed by atoms with Crippen molar-refractivity contribution in [2.75, 3.05) is 57.9 Å². The number of hydrogen-bond donors (Lipinski definition) is 0. The molecule has 0 saturated carbocycles. The number of ether oxygens (including phenoxy) is 2. The lowest BCUT2D eigenvalue weighted by molar-refractivity contribution is 0.0115. The maximum absolute atomic E-state index is 13.5. The summed E-state index contributed by atoms with van der Waals surface area (Å²) < 4.78 is 11.0. The molecule has 2 fully saturated rings. The predicted octanol–water partition coefficient (Wildman–Crippen LogP) is 3.93. The SMILES string of the molecule is COc1ccccc1C(=O)N1Cc2cc(N3CCC(N4CCOCC4)CC3)ccc2C(C)(C)C1. The molecular weight excluding hydrogens is 426 g/mol. The minimum absolute atomic E-state index is 0.0351. The number of amides is 1. The summed E-state index contributed by atoms with van der Waals surface area (Å²) in [6.07, 6.45) is 2.39. The van der Waals surface area contributed by atoms with Crippen LogP contribution in [-0.4, -0.2) is 74.8 Å². The first kappa shape index (κ1) is 23.2. The van der Waals surface area contributed by atoms with Crippen LogP contribution in [0.1, 0.15) is 48.2 Å². The average Bonchev–Trinajstić information content (AvgIpc) is 2.88. The fraction of sp³-hybridized carbons (Fsp3) is 0.536. The highest BCUT2D eigenvalue weighted by Crippen LogP contribution is 2.37. The van der Waals surface area contributed by atoms with E-state index in [4.69, 9.17) is 9.47 Å². The van der Waals surface area contributed by atoms with E-state index in [2.05, 4.69) is 41.8 Å². The van der Waals surface area contributed by atoms with Crippen LogP contribution in [0.5, 0.6) is 5.75 Å². The standard InChI is InChI=1S/C28H37N3O3/c1-28(2)20-31(27(32)24-6-4-5-7-26(24)33-3)19-21-18-23(8-9-25(21)28)29-12-10-22(11-13-29)30-14-16-34-17-15-30/h4-9,18,22H,10-17,19-20H2,1-3H3. The van der Waals surface area contributed by atoms with Gasteiger partial charge in [0.1, 0.15) is 5.75 Å². The molecule has 2 aromatic rings. The lowest BCUT2D eigenvalue weighted by atomic mass is 9.78. The van der Waals surface area contributed by atoms with Gasteiger partial charge < -0.3 is 19.3 Å². The highest BCUT2D eigenvalue weighted by molar-refractivity contribution is 5.97. The largest absolute Gasteiger partial charge is 0.496 e. The summed E-state index contributed by atoms with van der Waals surface area (Å²) in [5, 5.41) is 0. The smallest absolute Gasteiger partial charge is 0.257 e. The number of methoxy groups -OCH3 is 1. The highest BCUT2D eigenvalue weighted by Gasteiger charge is 2.35. The number of benzene rings is 2. The second-order valence-corrected chi connectivity index (χ2v) is 10.5. The van der Waals surface area contributed by atoms with Crippen LogP contribution in [0.15, 0.2) is 42.5 Å². The molecule has 3 aliphatic rings. The molecule has 3 aliphatic heterocycles. The van der Waals surface area contributed by atoms with E-state index in [1.54, 1.807) is 7.11 Å². The average molecular weight is 464 g/mol. The van der Waals surface area contributed by atoms with E-state index >= 15 is 0 Å². The van der Waals surface area contributed by atoms with E-state index < -0.39 is 0 Å². The number of para-hydroxylation sites is 1. The minimum Gasteiger partial charge on any atom is -0.496 e. The van der Waals surface area contributed by atoms with Crippen LogP contribution in [0.2, 0.25) is 0 Å². The van der Waals surface area contributed by atoms with E-state index in [0.717, 1.165) is 39.4 Å². The number of carbonyl (C=O) groups excluding carboxylic acids is 1. The van der Waals surface area contributed by atoms with Gasteiger partial charge >= 0.3 is 0 Å². The van der Waals surface area contributed by atoms with E-state index in [1.807, 2.05) is 29.2 Å². The molecule has 2 saturated heterocycles. The number of morpholine rings is 1. The summed E-state index contributed by atoms with van der Waals surface area (Å²) in [7, 11) is 1.62. The van der Waals surface area contributed by atoms with E-state index in [1.165, 1.54) is 29.7 Å². The summed E-state index contributed by atoms with van der Waals surface area (Å²) in [5.74, 6) is 0.667. The van der Waals surface area contributed by atoms with Gasteiger partial charge in [0.25, 0.3) is 5.91 Å². The zero-order valence-corrected chi connectivity index (χ0v) is 20.8. The van der Waals surface area contributed by atoms with Gasteiger partial charge in [0.05, 0.1) is 25.9 Å². The van der Waals surface area contributed by atoms with Crippen molar-refractivity contribution in [3.05, 3.63) is 59.2 Å². The molecule has 0 aromatic heterocycles. The fourth-order valence-electron chi connectivity index (χ4n) is 5.96. The molecule has 0 N–H and O–H groups in total. The Kier molecular flexibility index (Phi) is 6.54. The predicted molar refractivity (Wildman–Crippen MR) is 135 cm³/mol. The summed E-state index contributed by atoms with van der Waals surface area (Å²) in [4.78, 5) is 20.6. The molecule has 1 amide bonds. The molecule has 0 spiro atoms. The number of rotatable bonds is 4. The Labute approximate surface area is 203 Å². The maximum atomic E-state index is 13.5. The quantitative estimate of drug-likeness (QED) is 0.688. The Hall–Kier alpha value is -2.57. The molecule has 2 aromatic carbocycles. The molecule has 0 atom stereocenters. The Morgan fingerprint density at radius 3 is 2.50 bits per heavy atom. The molecule has 0 radical (unpaired) electrons. The van der Waals surface area contributed by atoms with Crippen molar-refractivity contribution in [2.24, 2.45) is 0 Å². The van der Waals surface area contributed by atoms with Gasteiger partial charge in [-0.05, 0) is 48.2 Å². The molecule has 6 nitrogen and oxygen atoms in total. The number of nitrogens with zero attached hydrogens (tertiary/aromatic N) is 3. The summed E-state index contributed by atoms with van der Waals surface area (Å²) in [6, 6.07) is 15.1. The Morgan fingerprint density at radius 1 is 1.03 bits per heavy atom. The topological polar surface area (TPSA) is 45.2 Å². The second-order valence-electron chi connectivity index (χ2n) is 10.5. The van der Waals surface area contributed by atoms with E-state index in [0.29, 0.717) is 30.4 Å². The van der Waals surface area contributed by atoms with Crippen LogP contribution in [0, 0.1) is 0 Å². The van der Waals surface area contributed by atoms with Crippen molar-refractivity contribution >= 4 is 11.6 Å². The number of piperidine rings is 1. The van der Waals surface area contributed by atoms with Crippen LogP contribution in [0.3, 0.4) is 0 Å². The minimum atomic E-state index is -0.104. The number of carbonyl (C=O) groups is 1. The summed E-state index contributed by atoms with van der Waals surface area (Å²) in [6.45, 7) is 11.8. The molecule has 0 unspecified atom stereocenters. The Bertz CT molecular complexity index is 1020. The van der Waals surface area contributed by atoms with Crippen molar-refractivity contribution in [3.8, 4) is 5.75 Å². The van der Waals surface area contributed by atoms with Gasteiger partial charge in [0, 0.05) is 56.4 Å².